The number of imide groups is 1. The van der Waals surface area contributed by atoms with Crippen LogP contribution in [0, 0.1) is 10.1 Å². The van der Waals surface area contributed by atoms with Crippen molar-refractivity contribution in [2.75, 3.05) is 17.3 Å². The summed E-state index contributed by atoms with van der Waals surface area (Å²) in [5, 5.41) is 15.7. The average Bonchev–Trinajstić information content (AvgIpc) is 3.33. The summed E-state index contributed by atoms with van der Waals surface area (Å²) in [5.74, 6) is -1.33. The molecule has 0 radical (unpaired) electrons. The van der Waals surface area contributed by atoms with E-state index in [-0.39, 0.29) is 23.5 Å². The predicted octanol–water partition coefficient (Wildman–Crippen LogP) is 5.44. The molecular formula is C33H26N4O7S. The Labute approximate surface area is 262 Å². The molecule has 4 aromatic rings. The first-order valence-corrected chi connectivity index (χ1v) is 14.5. The monoisotopic (exact) mass is 622 g/mol. The molecule has 5 rings (SSSR count). The molecule has 12 heteroatoms. The normalized spacial score (nSPS) is 14.6. The van der Waals surface area contributed by atoms with Crippen LogP contribution in [0.2, 0.25) is 0 Å². The topological polar surface area (TPSA) is 148 Å². The molecule has 1 unspecified atom stereocenters. The van der Waals surface area contributed by atoms with Gasteiger partial charge >= 0.3 is 0 Å². The van der Waals surface area contributed by atoms with Crippen LogP contribution < -0.4 is 20.3 Å². The van der Waals surface area contributed by atoms with Crippen LogP contribution in [0.4, 0.5) is 17.1 Å². The fourth-order valence-electron chi connectivity index (χ4n) is 4.55. The molecule has 1 heterocycles. The lowest BCUT2D eigenvalue weighted by atomic mass is 10.1. The minimum absolute atomic E-state index is 0.00629. The summed E-state index contributed by atoms with van der Waals surface area (Å²) in [6.07, 6.45) is 1.50. The number of nitro groups is 1. The third-order valence-corrected chi connectivity index (χ3v) is 7.98. The zero-order valence-electron chi connectivity index (χ0n) is 23.8. The van der Waals surface area contributed by atoms with Gasteiger partial charge < -0.3 is 15.4 Å². The second-order valence-electron chi connectivity index (χ2n) is 9.75. The summed E-state index contributed by atoms with van der Waals surface area (Å²) in [6, 6.07) is 27.5. The van der Waals surface area contributed by atoms with E-state index in [4.69, 9.17) is 4.74 Å². The molecule has 1 saturated heterocycles. The quantitative estimate of drug-likeness (QED) is 0.103. The molecule has 11 nitrogen and oxygen atoms in total. The third-order valence-electron chi connectivity index (χ3n) is 6.78. The number of hydrogen-bond donors (Lipinski definition) is 2. The number of non-ortho nitro benzene ring substituents is 1. The Hall–Kier alpha value is -5.75. The van der Waals surface area contributed by atoms with Crippen LogP contribution in [0.15, 0.2) is 114 Å². The number of carbonyl (C=O) groups is 4. The lowest BCUT2D eigenvalue weighted by Crippen LogP contribution is -2.31. The van der Waals surface area contributed by atoms with Crippen molar-refractivity contribution in [3.8, 4) is 5.75 Å². The number of thioether (sulfide) groups is 1. The van der Waals surface area contributed by atoms with Gasteiger partial charge in [0.25, 0.3) is 17.5 Å². The number of para-hydroxylation sites is 1. The van der Waals surface area contributed by atoms with Gasteiger partial charge in [-0.05, 0) is 60.7 Å². The molecule has 0 spiro atoms. The molecular weight excluding hydrogens is 596 g/mol. The Morgan fingerprint density at radius 3 is 2.27 bits per heavy atom. The third kappa shape index (κ3) is 7.25. The maximum Gasteiger partial charge on any atom is 0.272 e. The lowest BCUT2D eigenvalue weighted by molar-refractivity contribution is -0.384. The van der Waals surface area contributed by atoms with Crippen molar-refractivity contribution in [1.29, 1.82) is 0 Å². The van der Waals surface area contributed by atoms with Gasteiger partial charge in [0.05, 0.1) is 23.0 Å². The van der Waals surface area contributed by atoms with Crippen LogP contribution in [0.25, 0.3) is 6.08 Å². The average molecular weight is 623 g/mol. The van der Waals surface area contributed by atoms with Gasteiger partial charge in [-0.1, -0.05) is 36.4 Å². The molecule has 0 saturated carbocycles. The number of ether oxygens (including phenoxy) is 1. The van der Waals surface area contributed by atoms with Crippen LogP contribution in [-0.4, -0.2) is 40.9 Å². The molecule has 1 atom stereocenters. The second kappa shape index (κ2) is 13.7. The zero-order chi connectivity index (χ0) is 31.9. The first kappa shape index (κ1) is 30.7. The molecule has 2 N–H and O–H groups in total. The summed E-state index contributed by atoms with van der Waals surface area (Å²) < 4.78 is 5.40. The van der Waals surface area contributed by atoms with Crippen LogP contribution in [0.1, 0.15) is 22.3 Å². The number of rotatable bonds is 10. The highest BCUT2D eigenvalue weighted by molar-refractivity contribution is 8.00. The minimum Gasteiger partial charge on any atom is -0.496 e. The van der Waals surface area contributed by atoms with Gasteiger partial charge in [-0.15, -0.1) is 11.8 Å². The number of nitrogens with zero attached hydrogens (tertiary/aromatic N) is 2. The van der Waals surface area contributed by atoms with E-state index in [1.165, 1.54) is 49.2 Å². The maximum atomic E-state index is 13.4. The molecule has 1 fully saturated rings. The molecule has 4 aromatic carbocycles. The molecule has 226 valence electrons. The Morgan fingerprint density at radius 2 is 1.60 bits per heavy atom. The Kier molecular flexibility index (Phi) is 9.34. The van der Waals surface area contributed by atoms with Crippen molar-refractivity contribution in [3.05, 3.63) is 130 Å². The van der Waals surface area contributed by atoms with Crippen molar-refractivity contribution in [3.63, 3.8) is 0 Å². The first-order chi connectivity index (χ1) is 21.7. The summed E-state index contributed by atoms with van der Waals surface area (Å²) >= 11 is 1.20. The standard InChI is InChI=1S/C33H26N4O7S/c1-44-28-10-6-5-9-22(28)19-27(35-31(39)21-7-3-2-4-8-21)32(40)34-23-11-17-26(18-12-23)45-29-20-30(38)36(33(29)41)24-13-15-25(16-14-24)37(42)43/h2-19,29H,20H2,1H3,(H,34,40)(H,35,39)/b27-19-. The number of amides is 4. The summed E-state index contributed by atoms with van der Waals surface area (Å²) in [5.41, 5.74) is 1.53. The minimum atomic E-state index is -0.684. The van der Waals surface area contributed by atoms with Crippen LogP contribution in [-0.2, 0) is 14.4 Å². The Balaban J connectivity index is 1.28. The fraction of sp³-hybridized carbons (Fsp3) is 0.0909. The van der Waals surface area contributed by atoms with Crippen molar-refractivity contribution in [2.24, 2.45) is 0 Å². The predicted molar refractivity (Wildman–Crippen MR) is 170 cm³/mol. The highest BCUT2D eigenvalue weighted by atomic mass is 32.2. The van der Waals surface area contributed by atoms with Gasteiger partial charge in [-0.25, -0.2) is 4.90 Å². The van der Waals surface area contributed by atoms with Crippen molar-refractivity contribution in [2.45, 2.75) is 16.6 Å². The zero-order valence-corrected chi connectivity index (χ0v) is 24.7. The van der Waals surface area contributed by atoms with E-state index in [0.717, 1.165) is 4.90 Å². The van der Waals surface area contributed by atoms with Gasteiger partial charge in [-0.2, -0.15) is 0 Å². The number of nitro benzene ring substituents is 1. The molecule has 0 aliphatic carbocycles. The first-order valence-electron chi connectivity index (χ1n) is 13.6. The molecule has 0 bridgehead atoms. The highest BCUT2D eigenvalue weighted by Gasteiger charge is 2.40. The van der Waals surface area contributed by atoms with E-state index in [9.17, 15) is 29.3 Å². The number of hydrogen-bond acceptors (Lipinski definition) is 8. The lowest BCUT2D eigenvalue weighted by Gasteiger charge is -2.15. The van der Waals surface area contributed by atoms with Crippen molar-refractivity contribution < 1.29 is 28.8 Å². The van der Waals surface area contributed by atoms with Gasteiger partial charge in [-0.3, -0.25) is 29.3 Å². The summed E-state index contributed by atoms with van der Waals surface area (Å²) in [6.45, 7) is 0. The molecule has 1 aliphatic heterocycles. The van der Waals surface area contributed by atoms with E-state index in [1.54, 1.807) is 78.9 Å². The van der Waals surface area contributed by atoms with E-state index in [2.05, 4.69) is 10.6 Å². The molecule has 4 amide bonds. The van der Waals surface area contributed by atoms with E-state index in [0.29, 0.717) is 27.5 Å². The Morgan fingerprint density at radius 1 is 0.933 bits per heavy atom. The van der Waals surface area contributed by atoms with Crippen molar-refractivity contribution >= 4 is 58.5 Å². The van der Waals surface area contributed by atoms with Crippen LogP contribution in [0.5, 0.6) is 5.75 Å². The maximum absolute atomic E-state index is 13.4. The SMILES string of the molecule is COc1ccccc1/C=C(\NC(=O)c1ccccc1)C(=O)Nc1ccc(SC2CC(=O)N(c3ccc([N+](=O)[O-])cc3)C2=O)cc1. The molecule has 1 aliphatic rings. The van der Waals surface area contributed by atoms with Gasteiger partial charge in [0.1, 0.15) is 11.4 Å². The van der Waals surface area contributed by atoms with Crippen molar-refractivity contribution in [1.82, 2.24) is 5.32 Å². The second-order valence-corrected chi connectivity index (χ2v) is 11.0. The van der Waals surface area contributed by atoms with Gasteiger partial charge in [0.15, 0.2) is 0 Å². The van der Waals surface area contributed by atoms with E-state index >= 15 is 0 Å². The molecule has 0 aromatic heterocycles. The largest absolute Gasteiger partial charge is 0.496 e. The Bertz CT molecular complexity index is 1790. The van der Waals surface area contributed by atoms with E-state index < -0.39 is 33.8 Å². The van der Waals surface area contributed by atoms with E-state index in [1.807, 2.05) is 0 Å². The van der Waals surface area contributed by atoms with Gasteiger partial charge in [0.2, 0.25) is 11.8 Å². The van der Waals surface area contributed by atoms with Gasteiger partial charge in [0, 0.05) is 40.3 Å². The highest BCUT2D eigenvalue weighted by Crippen LogP contribution is 2.35. The van der Waals surface area contributed by atoms with Crippen LogP contribution in [0.3, 0.4) is 0 Å². The number of nitrogens with one attached hydrogen (secondary N) is 2. The smallest absolute Gasteiger partial charge is 0.272 e. The fourth-order valence-corrected chi connectivity index (χ4v) is 5.61. The molecule has 45 heavy (non-hydrogen) atoms. The number of carbonyl (C=O) groups excluding carboxylic acids is 4. The summed E-state index contributed by atoms with van der Waals surface area (Å²) in [7, 11) is 1.51. The number of anilines is 2. The number of methoxy groups -OCH3 is 1. The van der Waals surface area contributed by atoms with Crippen LogP contribution >= 0.6 is 11.8 Å². The summed E-state index contributed by atoms with van der Waals surface area (Å²) in [4.78, 5) is 64.1. The number of benzene rings is 4.